The zero-order valence-corrected chi connectivity index (χ0v) is 14.2. The number of amides is 1. The van der Waals surface area contributed by atoms with Gasteiger partial charge in [0.1, 0.15) is 12.8 Å². The van der Waals surface area contributed by atoms with Crippen molar-refractivity contribution in [3.05, 3.63) is 29.8 Å². The van der Waals surface area contributed by atoms with Crippen LogP contribution in [0.2, 0.25) is 0 Å². The van der Waals surface area contributed by atoms with E-state index in [9.17, 15) is 22.7 Å². The zero-order chi connectivity index (χ0) is 17.1. The lowest BCUT2D eigenvalue weighted by molar-refractivity contribution is -0.133. The summed E-state index contributed by atoms with van der Waals surface area (Å²) in [6.07, 6.45) is -0.296. The molecule has 0 heterocycles. The molecule has 1 aromatic carbocycles. The van der Waals surface area contributed by atoms with E-state index in [2.05, 4.69) is 0 Å². The number of sulfone groups is 1. The van der Waals surface area contributed by atoms with Crippen molar-refractivity contribution < 1.29 is 22.7 Å². The molecular formula is C13H16Cl2FNO4S. The Hall–Kier alpha value is -0.890. The molecule has 0 aliphatic rings. The molecule has 2 atom stereocenters. The van der Waals surface area contributed by atoms with Gasteiger partial charge in [0.05, 0.1) is 10.9 Å². The monoisotopic (exact) mass is 371 g/mol. The van der Waals surface area contributed by atoms with Crippen molar-refractivity contribution in [1.29, 1.82) is 0 Å². The molecule has 9 heteroatoms. The van der Waals surface area contributed by atoms with Crippen LogP contribution in [0.5, 0.6) is 0 Å². The first-order chi connectivity index (χ1) is 10.1. The summed E-state index contributed by atoms with van der Waals surface area (Å²) in [5, 5.41) is 10.2. The number of aliphatic hydroxyl groups excluding tert-OH is 1. The summed E-state index contributed by atoms with van der Waals surface area (Å²) in [5.74, 6) is -0.738. The first-order valence-corrected chi connectivity index (χ1v) is 8.95. The molecule has 0 aliphatic heterocycles. The first-order valence-electron chi connectivity index (χ1n) is 6.18. The third kappa shape index (κ3) is 4.55. The standard InChI is InChI=1S/C13H16Cl2FNO4S/c1-17(13(19)12(14)15)10(7-16)11(18)8-3-5-9(6-4-8)22(2,20)21/h3-6,10-12,18H,7H2,1-2H3/t10?,11-/m1/s1. The highest BCUT2D eigenvalue weighted by atomic mass is 35.5. The number of nitrogens with zero attached hydrogens (tertiary/aromatic N) is 1. The molecule has 1 rings (SSSR count). The summed E-state index contributed by atoms with van der Waals surface area (Å²) in [4.78, 5) is 11.3. The third-order valence-corrected chi connectivity index (χ3v) is 4.71. The maximum atomic E-state index is 13.2. The molecule has 1 amide bonds. The largest absolute Gasteiger partial charge is 0.386 e. The van der Waals surface area contributed by atoms with Gasteiger partial charge >= 0.3 is 0 Å². The Kier molecular flexibility index (Phi) is 6.61. The van der Waals surface area contributed by atoms with E-state index in [-0.39, 0.29) is 10.5 Å². The SMILES string of the molecule is CN(C(=O)C(Cl)Cl)C(CF)[C@H](O)c1ccc(S(C)(=O)=O)cc1. The quantitative estimate of drug-likeness (QED) is 0.772. The van der Waals surface area contributed by atoms with Crippen molar-refractivity contribution in [1.82, 2.24) is 4.90 Å². The minimum atomic E-state index is -3.37. The Morgan fingerprint density at radius 1 is 1.32 bits per heavy atom. The van der Waals surface area contributed by atoms with Crippen molar-refractivity contribution in [3.63, 3.8) is 0 Å². The fraction of sp³-hybridized carbons (Fsp3) is 0.462. The van der Waals surface area contributed by atoms with Gasteiger partial charge < -0.3 is 10.0 Å². The van der Waals surface area contributed by atoms with Crippen LogP contribution in [0.1, 0.15) is 11.7 Å². The summed E-state index contributed by atoms with van der Waals surface area (Å²) >= 11 is 10.9. The van der Waals surface area contributed by atoms with Crippen LogP contribution < -0.4 is 0 Å². The molecule has 0 spiro atoms. The number of benzene rings is 1. The van der Waals surface area contributed by atoms with Gasteiger partial charge in [0, 0.05) is 13.3 Å². The van der Waals surface area contributed by atoms with Crippen LogP contribution in [0.4, 0.5) is 4.39 Å². The fourth-order valence-corrected chi connectivity index (χ4v) is 2.79. The molecule has 1 aromatic rings. The Bertz CT molecular complexity index is 621. The second kappa shape index (κ2) is 7.59. The summed E-state index contributed by atoms with van der Waals surface area (Å²) in [7, 11) is -2.09. The molecule has 1 N–H and O–H groups in total. The van der Waals surface area contributed by atoms with Crippen LogP contribution in [0.15, 0.2) is 29.2 Å². The first kappa shape index (κ1) is 19.2. The van der Waals surface area contributed by atoms with Gasteiger partial charge in [-0.1, -0.05) is 35.3 Å². The van der Waals surface area contributed by atoms with Crippen LogP contribution in [0.25, 0.3) is 0 Å². The minimum Gasteiger partial charge on any atom is -0.386 e. The number of carbonyl (C=O) groups excluding carboxylic acids is 1. The third-order valence-electron chi connectivity index (χ3n) is 3.20. The van der Waals surface area contributed by atoms with Gasteiger partial charge in [-0.25, -0.2) is 12.8 Å². The molecule has 0 aromatic heterocycles. The van der Waals surface area contributed by atoms with Crippen LogP contribution in [0, 0.1) is 0 Å². The number of hydrogen-bond acceptors (Lipinski definition) is 4. The van der Waals surface area contributed by atoms with E-state index in [1.807, 2.05) is 0 Å². The molecule has 124 valence electrons. The van der Waals surface area contributed by atoms with Gasteiger partial charge in [0.15, 0.2) is 14.7 Å². The maximum absolute atomic E-state index is 13.2. The van der Waals surface area contributed by atoms with Gasteiger partial charge in [-0.3, -0.25) is 4.79 Å². The summed E-state index contributed by atoms with van der Waals surface area (Å²) in [5.41, 5.74) is 0.274. The highest BCUT2D eigenvalue weighted by Gasteiger charge is 2.30. The van der Waals surface area contributed by atoms with Crippen molar-refractivity contribution >= 4 is 38.9 Å². The Labute approximate surface area is 138 Å². The molecule has 22 heavy (non-hydrogen) atoms. The zero-order valence-electron chi connectivity index (χ0n) is 11.9. The number of alkyl halides is 3. The van der Waals surface area contributed by atoms with Gasteiger partial charge in [-0.15, -0.1) is 0 Å². The maximum Gasteiger partial charge on any atom is 0.256 e. The second-order valence-corrected chi connectivity index (χ2v) is 7.87. The molecule has 0 saturated heterocycles. The van der Waals surface area contributed by atoms with Crippen molar-refractivity contribution in [3.8, 4) is 0 Å². The van der Waals surface area contributed by atoms with Crippen molar-refractivity contribution in [2.24, 2.45) is 0 Å². The molecule has 0 aliphatic carbocycles. The lowest BCUT2D eigenvalue weighted by atomic mass is 10.0. The summed E-state index contributed by atoms with van der Waals surface area (Å²) in [6, 6.07) is 4.15. The molecule has 0 saturated carbocycles. The van der Waals surface area contributed by atoms with Crippen molar-refractivity contribution in [2.45, 2.75) is 21.9 Å². The minimum absolute atomic E-state index is 0.0752. The second-order valence-electron chi connectivity index (χ2n) is 4.76. The van der Waals surface area contributed by atoms with Gasteiger partial charge in [-0.05, 0) is 17.7 Å². The Morgan fingerprint density at radius 2 is 1.82 bits per heavy atom. The lowest BCUT2D eigenvalue weighted by Crippen LogP contribution is -2.44. The number of hydrogen-bond donors (Lipinski definition) is 1. The average Bonchev–Trinajstić information content (AvgIpc) is 2.46. The van der Waals surface area contributed by atoms with E-state index in [0.717, 1.165) is 11.2 Å². The molecule has 0 bridgehead atoms. The fourth-order valence-electron chi connectivity index (χ4n) is 1.85. The Morgan fingerprint density at radius 3 is 2.18 bits per heavy atom. The van der Waals surface area contributed by atoms with E-state index in [1.54, 1.807) is 0 Å². The number of aliphatic hydroxyl groups is 1. The number of rotatable bonds is 6. The van der Waals surface area contributed by atoms with Crippen LogP contribution in [-0.2, 0) is 14.6 Å². The van der Waals surface area contributed by atoms with Gasteiger partial charge in [0.25, 0.3) is 5.91 Å². The lowest BCUT2D eigenvalue weighted by Gasteiger charge is -2.30. The van der Waals surface area contributed by atoms with Crippen LogP contribution in [-0.4, -0.2) is 55.2 Å². The summed E-state index contributed by atoms with van der Waals surface area (Å²) in [6.45, 7) is -1.02. The van der Waals surface area contributed by atoms with Crippen LogP contribution >= 0.6 is 23.2 Å². The molecule has 0 fully saturated rings. The van der Waals surface area contributed by atoms with E-state index >= 15 is 0 Å². The van der Waals surface area contributed by atoms with E-state index < -0.39 is 39.4 Å². The molecular weight excluding hydrogens is 356 g/mol. The van der Waals surface area contributed by atoms with E-state index in [4.69, 9.17) is 23.2 Å². The molecule has 1 unspecified atom stereocenters. The van der Waals surface area contributed by atoms with Crippen molar-refractivity contribution in [2.75, 3.05) is 20.0 Å². The summed E-state index contributed by atoms with van der Waals surface area (Å²) < 4.78 is 35.9. The van der Waals surface area contributed by atoms with E-state index in [1.165, 1.54) is 31.3 Å². The average molecular weight is 372 g/mol. The smallest absolute Gasteiger partial charge is 0.256 e. The highest BCUT2D eigenvalue weighted by molar-refractivity contribution is 7.90. The number of halogens is 3. The molecule has 5 nitrogen and oxygen atoms in total. The number of carbonyl (C=O) groups is 1. The topological polar surface area (TPSA) is 74.7 Å². The highest BCUT2D eigenvalue weighted by Crippen LogP contribution is 2.24. The normalized spacial score (nSPS) is 14.7. The predicted molar refractivity (Wildman–Crippen MR) is 82.5 cm³/mol. The predicted octanol–water partition coefficient (Wildman–Crippen LogP) is 1.72. The molecule has 0 radical (unpaired) electrons. The Balaban J connectivity index is 3.02. The van der Waals surface area contributed by atoms with Crippen LogP contribution in [0.3, 0.4) is 0 Å². The van der Waals surface area contributed by atoms with Gasteiger partial charge in [0.2, 0.25) is 0 Å². The number of likely N-dealkylation sites (N-methyl/N-ethyl adjacent to an activating group) is 1. The van der Waals surface area contributed by atoms with E-state index in [0.29, 0.717) is 0 Å². The van der Waals surface area contributed by atoms with Gasteiger partial charge in [-0.2, -0.15) is 0 Å².